The Morgan fingerprint density at radius 1 is 0.960 bits per heavy atom. The third kappa shape index (κ3) is 4.67. The Balaban J connectivity index is 1.46. The van der Waals surface area contributed by atoms with Crippen molar-refractivity contribution >= 4 is 12.2 Å². The zero-order valence-electron chi connectivity index (χ0n) is 14.1. The van der Waals surface area contributed by atoms with Gasteiger partial charge in [-0.15, -0.1) is 0 Å². The highest BCUT2D eigenvalue weighted by atomic mass is 16.5. The molecule has 1 aliphatic heterocycles. The van der Waals surface area contributed by atoms with Crippen molar-refractivity contribution in [3.63, 3.8) is 0 Å². The van der Waals surface area contributed by atoms with E-state index in [1.807, 2.05) is 23.1 Å². The van der Waals surface area contributed by atoms with E-state index in [1.165, 1.54) is 5.56 Å². The van der Waals surface area contributed by atoms with Crippen LogP contribution in [0.15, 0.2) is 54.6 Å². The number of aldehydes is 1. The van der Waals surface area contributed by atoms with Crippen LogP contribution in [-0.4, -0.2) is 54.8 Å². The molecule has 1 saturated heterocycles. The summed E-state index contributed by atoms with van der Waals surface area (Å²) in [6.07, 6.45) is 0.738. The van der Waals surface area contributed by atoms with E-state index in [9.17, 15) is 9.59 Å². The number of para-hydroxylation sites is 1. The first kappa shape index (κ1) is 17.2. The molecule has 25 heavy (non-hydrogen) atoms. The van der Waals surface area contributed by atoms with E-state index in [1.54, 1.807) is 24.3 Å². The maximum Gasteiger partial charge on any atom is 0.260 e. The van der Waals surface area contributed by atoms with Crippen molar-refractivity contribution in [3.8, 4) is 5.75 Å². The summed E-state index contributed by atoms with van der Waals surface area (Å²) in [5.41, 5.74) is 1.75. The summed E-state index contributed by atoms with van der Waals surface area (Å²) in [5.74, 6) is 0.411. The zero-order valence-corrected chi connectivity index (χ0v) is 14.1. The molecule has 1 aliphatic rings. The van der Waals surface area contributed by atoms with Crippen LogP contribution < -0.4 is 4.74 Å². The van der Waals surface area contributed by atoms with Gasteiger partial charge in [-0.1, -0.05) is 42.5 Å². The maximum atomic E-state index is 12.3. The van der Waals surface area contributed by atoms with E-state index in [-0.39, 0.29) is 12.5 Å². The van der Waals surface area contributed by atoms with Crippen LogP contribution in [0, 0.1) is 0 Å². The largest absolute Gasteiger partial charge is 0.483 e. The molecule has 0 N–H and O–H groups in total. The van der Waals surface area contributed by atoms with Crippen molar-refractivity contribution in [2.75, 3.05) is 32.8 Å². The first-order chi connectivity index (χ1) is 12.3. The fourth-order valence-corrected chi connectivity index (χ4v) is 2.94. The lowest BCUT2D eigenvalue weighted by atomic mass is 10.2. The first-order valence-corrected chi connectivity index (χ1v) is 8.47. The summed E-state index contributed by atoms with van der Waals surface area (Å²) < 4.78 is 5.53. The number of carbonyl (C=O) groups excluding carboxylic acids is 2. The minimum Gasteiger partial charge on any atom is -0.483 e. The quantitative estimate of drug-likeness (QED) is 0.758. The molecule has 0 unspecified atom stereocenters. The fourth-order valence-electron chi connectivity index (χ4n) is 2.94. The molecular weight excluding hydrogens is 316 g/mol. The monoisotopic (exact) mass is 338 g/mol. The molecule has 0 atom stereocenters. The summed E-state index contributed by atoms with van der Waals surface area (Å²) in [5, 5.41) is 0. The Hall–Kier alpha value is -2.66. The van der Waals surface area contributed by atoms with E-state index >= 15 is 0 Å². The zero-order chi connectivity index (χ0) is 17.5. The molecule has 0 saturated carbocycles. The average molecular weight is 338 g/mol. The highest BCUT2D eigenvalue weighted by Crippen LogP contribution is 2.16. The summed E-state index contributed by atoms with van der Waals surface area (Å²) in [6, 6.07) is 17.3. The van der Waals surface area contributed by atoms with Gasteiger partial charge in [-0.3, -0.25) is 14.5 Å². The normalized spacial score (nSPS) is 15.0. The predicted molar refractivity (Wildman–Crippen MR) is 95.6 cm³/mol. The Bertz CT molecular complexity index is 710. The lowest BCUT2D eigenvalue weighted by molar-refractivity contribution is -0.135. The lowest BCUT2D eigenvalue weighted by Crippen LogP contribution is -2.49. The van der Waals surface area contributed by atoms with Crippen molar-refractivity contribution in [2.24, 2.45) is 0 Å². The molecule has 5 nitrogen and oxygen atoms in total. The van der Waals surface area contributed by atoms with Gasteiger partial charge in [0.15, 0.2) is 12.9 Å². The van der Waals surface area contributed by atoms with Gasteiger partial charge in [0.1, 0.15) is 5.75 Å². The van der Waals surface area contributed by atoms with Gasteiger partial charge in [-0.05, 0) is 17.7 Å². The smallest absolute Gasteiger partial charge is 0.260 e. The fraction of sp³-hybridized carbons (Fsp3) is 0.300. The predicted octanol–water partition coefficient (Wildman–Crippen LogP) is 2.22. The van der Waals surface area contributed by atoms with Crippen LogP contribution in [0.1, 0.15) is 15.9 Å². The molecular formula is C20H22N2O3. The average Bonchev–Trinajstić information content (AvgIpc) is 2.67. The van der Waals surface area contributed by atoms with Crippen molar-refractivity contribution in [1.29, 1.82) is 0 Å². The number of ether oxygens (including phenoxy) is 1. The number of carbonyl (C=O) groups is 2. The van der Waals surface area contributed by atoms with Gasteiger partial charge >= 0.3 is 0 Å². The second-order valence-electron chi connectivity index (χ2n) is 6.09. The van der Waals surface area contributed by atoms with Crippen molar-refractivity contribution in [2.45, 2.75) is 6.54 Å². The van der Waals surface area contributed by atoms with E-state index < -0.39 is 0 Å². The maximum absolute atomic E-state index is 12.3. The summed E-state index contributed by atoms with van der Waals surface area (Å²) in [4.78, 5) is 27.5. The van der Waals surface area contributed by atoms with Crippen LogP contribution in [0.2, 0.25) is 0 Å². The lowest BCUT2D eigenvalue weighted by Gasteiger charge is -2.34. The van der Waals surface area contributed by atoms with Gasteiger partial charge in [0.05, 0.1) is 5.56 Å². The molecule has 0 aliphatic carbocycles. The van der Waals surface area contributed by atoms with E-state index in [0.717, 1.165) is 25.9 Å². The second-order valence-corrected chi connectivity index (χ2v) is 6.09. The molecule has 2 aromatic carbocycles. The molecule has 2 aromatic rings. The van der Waals surface area contributed by atoms with Crippen LogP contribution in [0.4, 0.5) is 0 Å². The summed E-state index contributed by atoms with van der Waals surface area (Å²) >= 11 is 0. The number of amides is 1. The third-order valence-electron chi connectivity index (χ3n) is 4.37. The van der Waals surface area contributed by atoms with Crippen LogP contribution in [0.3, 0.4) is 0 Å². The van der Waals surface area contributed by atoms with E-state index in [0.29, 0.717) is 24.4 Å². The molecule has 1 amide bonds. The van der Waals surface area contributed by atoms with Crippen molar-refractivity contribution in [1.82, 2.24) is 9.80 Å². The van der Waals surface area contributed by atoms with Gasteiger partial charge in [-0.2, -0.15) is 0 Å². The molecule has 0 spiro atoms. The van der Waals surface area contributed by atoms with Crippen molar-refractivity contribution < 1.29 is 14.3 Å². The molecule has 0 radical (unpaired) electrons. The summed E-state index contributed by atoms with van der Waals surface area (Å²) in [7, 11) is 0. The van der Waals surface area contributed by atoms with Crippen molar-refractivity contribution in [3.05, 3.63) is 65.7 Å². The number of nitrogens with zero attached hydrogens (tertiary/aromatic N) is 2. The third-order valence-corrected chi connectivity index (χ3v) is 4.37. The van der Waals surface area contributed by atoms with Gasteiger partial charge < -0.3 is 9.64 Å². The molecule has 3 rings (SSSR count). The number of piperazine rings is 1. The second kappa shape index (κ2) is 8.44. The number of rotatable bonds is 6. The molecule has 5 heteroatoms. The summed E-state index contributed by atoms with van der Waals surface area (Å²) in [6.45, 7) is 3.97. The van der Waals surface area contributed by atoms with Gasteiger partial charge in [-0.25, -0.2) is 0 Å². The van der Waals surface area contributed by atoms with Crippen LogP contribution in [0.5, 0.6) is 5.75 Å². The van der Waals surface area contributed by atoms with Gasteiger partial charge in [0.2, 0.25) is 0 Å². The van der Waals surface area contributed by atoms with E-state index in [2.05, 4.69) is 17.0 Å². The highest BCUT2D eigenvalue weighted by molar-refractivity contribution is 5.80. The Morgan fingerprint density at radius 2 is 1.64 bits per heavy atom. The Morgan fingerprint density at radius 3 is 2.36 bits per heavy atom. The minimum absolute atomic E-state index is 0.0382. The van der Waals surface area contributed by atoms with Crippen LogP contribution in [-0.2, 0) is 11.3 Å². The first-order valence-electron chi connectivity index (χ1n) is 8.47. The molecule has 0 aromatic heterocycles. The van der Waals surface area contributed by atoms with Crippen LogP contribution in [0.25, 0.3) is 0 Å². The van der Waals surface area contributed by atoms with Gasteiger partial charge in [0, 0.05) is 32.7 Å². The molecule has 0 bridgehead atoms. The molecule has 1 fully saturated rings. The van der Waals surface area contributed by atoms with Gasteiger partial charge in [0.25, 0.3) is 5.91 Å². The number of benzene rings is 2. The van der Waals surface area contributed by atoms with Crippen LogP contribution >= 0.6 is 0 Å². The number of hydrogen-bond acceptors (Lipinski definition) is 4. The Kier molecular flexibility index (Phi) is 5.80. The molecule has 1 heterocycles. The Labute approximate surface area is 147 Å². The standard InChI is InChI=1S/C20H22N2O3/c23-15-18-8-4-5-9-19(18)25-16-20(24)22-12-10-21(11-13-22)14-17-6-2-1-3-7-17/h1-9,15H,10-14,16H2. The number of hydrogen-bond donors (Lipinski definition) is 0. The van der Waals surface area contributed by atoms with E-state index in [4.69, 9.17) is 4.74 Å². The SMILES string of the molecule is O=Cc1ccccc1OCC(=O)N1CCN(Cc2ccccc2)CC1. The highest BCUT2D eigenvalue weighted by Gasteiger charge is 2.21. The minimum atomic E-state index is -0.0416. The topological polar surface area (TPSA) is 49.9 Å². The molecule has 130 valence electrons.